The Morgan fingerprint density at radius 3 is 3.05 bits per heavy atom. The smallest absolute Gasteiger partial charge is 0.407 e. The second-order valence-electron chi connectivity index (χ2n) is 4.81. The highest BCUT2D eigenvalue weighted by Crippen LogP contribution is 2.34. The lowest BCUT2D eigenvalue weighted by Crippen LogP contribution is -2.40. The summed E-state index contributed by atoms with van der Waals surface area (Å²) in [6.07, 6.45) is 7.24. The zero-order valence-electron chi connectivity index (χ0n) is 11.9. The third-order valence-corrected chi connectivity index (χ3v) is 3.72. The average molecular weight is 276 g/mol. The van der Waals surface area contributed by atoms with Crippen molar-refractivity contribution in [2.75, 3.05) is 13.7 Å². The van der Waals surface area contributed by atoms with Gasteiger partial charge >= 0.3 is 6.09 Å². The van der Waals surface area contributed by atoms with E-state index in [1.54, 1.807) is 19.5 Å². The van der Waals surface area contributed by atoms with E-state index in [1.165, 1.54) is 4.90 Å². The summed E-state index contributed by atoms with van der Waals surface area (Å²) in [6, 6.07) is 1.86. The standard InChI is InChI=1S/C15H20N2O3/c1-3-17(15(18)19)12-6-4-5-11(9-12)13-10-16-8-7-14(13)20-2/h5,7-8,10,12H,3-4,6,9H2,1-2H3,(H,18,19). The predicted molar refractivity (Wildman–Crippen MR) is 76.8 cm³/mol. The molecule has 1 aliphatic rings. The van der Waals surface area contributed by atoms with Crippen LogP contribution in [-0.2, 0) is 0 Å². The molecule has 0 aromatic carbocycles. The van der Waals surface area contributed by atoms with Crippen LogP contribution in [0.3, 0.4) is 0 Å². The van der Waals surface area contributed by atoms with Crippen LogP contribution in [0.15, 0.2) is 24.5 Å². The van der Waals surface area contributed by atoms with Crippen LogP contribution in [0.1, 0.15) is 31.7 Å². The van der Waals surface area contributed by atoms with E-state index in [-0.39, 0.29) is 6.04 Å². The van der Waals surface area contributed by atoms with Crippen LogP contribution in [-0.4, -0.2) is 40.8 Å². The van der Waals surface area contributed by atoms with E-state index >= 15 is 0 Å². The number of carbonyl (C=O) groups is 1. The molecule has 0 bridgehead atoms. The lowest BCUT2D eigenvalue weighted by Gasteiger charge is -2.32. The van der Waals surface area contributed by atoms with Crippen molar-refractivity contribution in [3.05, 3.63) is 30.1 Å². The summed E-state index contributed by atoms with van der Waals surface area (Å²) in [4.78, 5) is 16.9. The van der Waals surface area contributed by atoms with Gasteiger partial charge in [-0.3, -0.25) is 4.98 Å². The first-order valence-corrected chi connectivity index (χ1v) is 6.84. The fourth-order valence-corrected chi connectivity index (χ4v) is 2.73. The van der Waals surface area contributed by atoms with Gasteiger partial charge in [0.1, 0.15) is 5.75 Å². The van der Waals surface area contributed by atoms with Crippen molar-refractivity contribution < 1.29 is 14.6 Å². The summed E-state index contributed by atoms with van der Waals surface area (Å²) in [7, 11) is 1.63. The summed E-state index contributed by atoms with van der Waals surface area (Å²) < 4.78 is 5.36. The first kappa shape index (κ1) is 14.4. The number of pyridine rings is 1. The molecule has 0 spiro atoms. The molecule has 20 heavy (non-hydrogen) atoms. The van der Waals surface area contributed by atoms with Crippen LogP contribution in [0.5, 0.6) is 5.75 Å². The number of allylic oxidation sites excluding steroid dienone is 1. The molecule has 5 heteroatoms. The molecule has 0 saturated carbocycles. The van der Waals surface area contributed by atoms with E-state index in [0.717, 1.165) is 29.7 Å². The predicted octanol–water partition coefficient (Wildman–Crippen LogP) is 3.03. The highest BCUT2D eigenvalue weighted by atomic mass is 16.5. The minimum Gasteiger partial charge on any atom is -0.496 e. The van der Waals surface area contributed by atoms with Crippen molar-refractivity contribution >= 4 is 11.7 Å². The van der Waals surface area contributed by atoms with Crippen LogP contribution in [0.2, 0.25) is 0 Å². The summed E-state index contributed by atoms with van der Waals surface area (Å²) in [5.74, 6) is 0.783. The largest absolute Gasteiger partial charge is 0.496 e. The van der Waals surface area contributed by atoms with E-state index in [9.17, 15) is 9.90 Å². The topological polar surface area (TPSA) is 62.7 Å². The van der Waals surface area contributed by atoms with E-state index in [4.69, 9.17) is 4.74 Å². The monoisotopic (exact) mass is 276 g/mol. The van der Waals surface area contributed by atoms with E-state index < -0.39 is 6.09 Å². The summed E-state index contributed by atoms with van der Waals surface area (Å²) >= 11 is 0. The molecule has 1 aliphatic carbocycles. The van der Waals surface area contributed by atoms with Crippen LogP contribution in [0.4, 0.5) is 4.79 Å². The fourth-order valence-electron chi connectivity index (χ4n) is 2.73. The average Bonchev–Trinajstić information content (AvgIpc) is 2.48. The van der Waals surface area contributed by atoms with Crippen LogP contribution in [0.25, 0.3) is 5.57 Å². The van der Waals surface area contributed by atoms with Gasteiger partial charge in [0.15, 0.2) is 0 Å². The maximum Gasteiger partial charge on any atom is 0.407 e. The Morgan fingerprint density at radius 2 is 2.40 bits per heavy atom. The van der Waals surface area contributed by atoms with Crippen molar-refractivity contribution in [3.63, 3.8) is 0 Å². The molecule has 0 saturated heterocycles. The number of methoxy groups -OCH3 is 1. The molecule has 0 fully saturated rings. The van der Waals surface area contributed by atoms with Gasteiger partial charge in [0.2, 0.25) is 0 Å². The Bertz CT molecular complexity index is 514. The third kappa shape index (κ3) is 2.92. The number of amides is 1. The van der Waals surface area contributed by atoms with Crippen LogP contribution >= 0.6 is 0 Å². The van der Waals surface area contributed by atoms with E-state index in [0.29, 0.717) is 13.0 Å². The summed E-state index contributed by atoms with van der Waals surface area (Å²) in [5.41, 5.74) is 2.08. The number of carboxylic acid groups (broad SMARTS) is 1. The van der Waals surface area contributed by atoms with Crippen molar-refractivity contribution in [2.24, 2.45) is 0 Å². The second-order valence-corrected chi connectivity index (χ2v) is 4.81. The molecule has 1 amide bonds. The first-order valence-electron chi connectivity index (χ1n) is 6.84. The minimum atomic E-state index is -0.850. The van der Waals surface area contributed by atoms with Gasteiger partial charge in [-0.15, -0.1) is 0 Å². The first-order chi connectivity index (χ1) is 9.67. The molecule has 5 nitrogen and oxygen atoms in total. The molecule has 0 radical (unpaired) electrons. The number of hydrogen-bond acceptors (Lipinski definition) is 3. The molecule has 108 valence electrons. The van der Waals surface area contributed by atoms with Gasteiger partial charge in [-0.1, -0.05) is 6.08 Å². The Balaban J connectivity index is 2.22. The maximum absolute atomic E-state index is 11.3. The number of rotatable bonds is 4. The van der Waals surface area contributed by atoms with Gasteiger partial charge in [0.05, 0.1) is 7.11 Å². The molecule has 1 atom stereocenters. The van der Waals surface area contributed by atoms with Gasteiger partial charge in [-0.2, -0.15) is 0 Å². The Morgan fingerprint density at radius 1 is 1.60 bits per heavy atom. The van der Waals surface area contributed by atoms with Gasteiger partial charge in [-0.05, 0) is 37.8 Å². The van der Waals surface area contributed by atoms with Crippen LogP contribution in [0, 0.1) is 0 Å². The highest BCUT2D eigenvalue weighted by molar-refractivity contribution is 5.72. The molecule has 1 aromatic rings. The van der Waals surface area contributed by atoms with Crippen molar-refractivity contribution in [1.29, 1.82) is 0 Å². The van der Waals surface area contributed by atoms with Gasteiger partial charge in [0, 0.05) is 30.5 Å². The van der Waals surface area contributed by atoms with Crippen LogP contribution < -0.4 is 4.74 Å². The minimum absolute atomic E-state index is 0.0300. The Labute approximate surface area is 118 Å². The Hall–Kier alpha value is -2.04. The van der Waals surface area contributed by atoms with Gasteiger partial charge in [0.25, 0.3) is 0 Å². The molecular formula is C15H20N2O3. The van der Waals surface area contributed by atoms with Crippen molar-refractivity contribution in [2.45, 2.75) is 32.2 Å². The van der Waals surface area contributed by atoms with E-state index in [1.807, 2.05) is 13.0 Å². The molecule has 1 N–H and O–H groups in total. The zero-order valence-corrected chi connectivity index (χ0v) is 11.9. The molecule has 0 aliphatic heterocycles. The second kappa shape index (κ2) is 6.41. The molecule has 1 aromatic heterocycles. The van der Waals surface area contributed by atoms with Gasteiger partial charge in [-0.25, -0.2) is 4.79 Å². The normalized spacial score (nSPS) is 18.3. The summed E-state index contributed by atoms with van der Waals surface area (Å²) in [5, 5.41) is 9.25. The fraction of sp³-hybridized carbons (Fsp3) is 0.467. The zero-order chi connectivity index (χ0) is 14.5. The third-order valence-electron chi connectivity index (χ3n) is 3.72. The summed E-state index contributed by atoms with van der Waals surface area (Å²) in [6.45, 7) is 2.38. The number of nitrogens with zero attached hydrogens (tertiary/aromatic N) is 2. The Kier molecular flexibility index (Phi) is 4.61. The quantitative estimate of drug-likeness (QED) is 0.918. The number of aromatic nitrogens is 1. The van der Waals surface area contributed by atoms with Crippen molar-refractivity contribution in [1.82, 2.24) is 9.88 Å². The SMILES string of the molecule is CCN(C(=O)O)C1CCC=C(c2cnccc2OC)C1. The molecular weight excluding hydrogens is 256 g/mol. The lowest BCUT2D eigenvalue weighted by molar-refractivity contribution is 0.125. The van der Waals surface area contributed by atoms with E-state index in [2.05, 4.69) is 11.1 Å². The van der Waals surface area contributed by atoms with Crippen molar-refractivity contribution in [3.8, 4) is 5.75 Å². The maximum atomic E-state index is 11.3. The lowest BCUT2D eigenvalue weighted by atomic mass is 9.89. The number of ether oxygens (including phenoxy) is 1. The highest BCUT2D eigenvalue weighted by Gasteiger charge is 2.26. The molecule has 2 rings (SSSR count). The van der Waals surface area contributed by atoms with Gasteiger partial charge < -0.3 is 14.7 Å². The molecule has 1 unspecified atom stereocenters. The number of hydrogen-bond donors (Lipinski definition) is 1. The molecule has 1 heterocycles.